The Morgan fingerprint density at radius 2 is 2.50 bits per heavy atom. The maximum Gasteiger partial charge on any atom is 0.167 e. The molecule has 0 amide bonds. The second kappa shape index (κ2) is 1.47. The zero-order valence-electron chi connectivity index (χ0n) is 4.42. The summed E-state index contributed by atoms with van der Waals surface area (Å²) in [4.78, 5) is 10.5. The molecule has 1 rings (SSSR count). The van der Waals surface area contributed by atoms with Crippen molar-refractivity contribution in [3.8, 4) is 0 Å². The topological polar surface area (TPSA) is 43.1 Å². The van der Waals surface area contributed by atoms with E-state index < -0.39 is 0 Å². The van der Waals surface area contributed by atoms with Crippen LogP contribution >= 0.6 is 0 Å². The lowest BCUT2D eigenvalue weighted by atomic mass is 10.2. The van der Waals surface area contributed by atoms with Crippen LogP contribution in [0.5, 0.6) is 0 Å². The van der Waals surface area contributed by atoms with Gasteiger partial charge in [-0.3, -0.25) is 4.79 Å². The summed E-state index contributed by atoms with van der Waals surface area (Å²) >= 11 is 0. The highest BCUT2D eigenvalue weighted by atomic mass is 16.1. The number of nitrogens with two attached hydrogens (primary N) is 1. The van der Waals surface area contributed by atoms with E-state index in [9.17, 15) is 4.79 Å². The van der Waals surface area contributed by atoms with Crippen LogP contribution in [-0.2, 0) is 4.79 Å². The molecule has 0 aromatic rings. The Morgan fingerprint density at radius 3 is 2.62 bits per heavy atom. The Kier molecular flexibility index (Phi) is 0.938. The Labute approximate surface area is 47.7 Å². The number of rotatable bonds is 2. The van der Waals surface area contributed by atoms with Gasteiger partial charge < -0.3 is 5.73 Å². The lowest BCUT2D eigenvalue weighted by Crippen LogP contribution is -2.01. The van der Waals surface area contributed by atoms with Gasteiger partial charge in [-0.2, -0.15) is 0 Å². The molecule has 1 aliphatic rings. The summed E-state index contributed by atoms with van der Waals surface area (Å²) in [5.41, 5.74) is 5.91. The average Bonchev–Trinajstić information content (AvgIpc) is 2.45. The highest BCUT2D eigenvalue weighted by Gasteiger charge is 2.26. The number of ketones is 1. The lowest BCUT2D eigenvalue weighted by molar-refractivity contribution is -0.115. The van der Waals surface area contributed by atoms with Crippen LogP contribution < -0.4 is 5.73 Å². The van der Waals surface area contributed by atoms with Gasteiger partial charge >= 0.3 is 0 Å². The zero-order chi connectivity index (χ0) is 6.15. The fourth-order valence-corrected chi connectivity index (χ4v) is 0.518. The van der Waals surface area contributed by atoms with E-state index in [4.69, 9.17) is 5.73 Å². The Bertz CT molecular complexity index is 169. The molecule has 0 heterocycles. The molecule has 0 radical (unpaired) electrons. The fraction of sp³-hybridized carbons (Fsp3) is 0.167. The fourth-order valence-electron chi connectivity index (χ4n) is 0.518. The van der Waals surface area contributed by atoms with Crippen LogP contribution in [0.1, 0.15) is 0 Å². The van der Waals surface area contributed by atoms with Crippen molar-refractivity contribution in [1.82, 2.24) is 0 Å². The van der Waals surface area contributed by atoms with E-state index in [1.165, 1.54) is 6.08 Å². The van der Waals surface area contributed by atoms with Gasteiger partial charge in [0.2, 0.25) is 0 Å². The van der Waals surface area contributed by atoms with Crippen LogP contribution in [0.2, 0.25) is 0 Å². The molecule has 2 N–H and O–H groups in total. The minimum atomic E-state index is -0.104. The van der Waals surface area contributed by atoms with Crippen molar-refractivity contribution in [3.05, 3.63) is 24.4 Å². The van der Waals surface area contributed by atoms with Gasteiger partial charge in [0.1, 0.15) is 0 Å². The quantitative estimate of drug-likeness (QED) is 0.515. The summed E-state index contributed by atoms with van der Waals surface area (Å²) in [6.07, 6.45) is 3.00. The molecule has 0 spiro atoms. The number of hydrogen-bond acceptors (Lipinski definition) is 2. The van der Waals surface area contributed by atoms with Gasteiger partial charge in [-0.05, 0) is 12.2 Å². The molecule has 0 saturated carbocycles. The molecule has 0 bridgehead atoms. The number of hydrogen-bond donors (Lipinski definition) is 1. The first kappa shape index (κ1) is 5.09. The van der Waals surface area contributed by atoms with Crippen LogP contribution in [0.15, 0.2) is 24.4 Å². The predicted molar refractivity (Wildman–Crippen MR) is 31.0 cm³/mol. The lowest BCUT2D eigenvalue weighted by Gasteiger charge is -1.85. The summed E-state index contributed by atoms with van der Waals surface area (Å²) in [6, 6.07) is 0. The normalized spacial score (nSPS) is 24.0. The van der Waals surface area contributed by atoms with Gasteiger partial charge in [0, 0.05) is 5.70 Å². The van der Waals surface area contributed by atoms with Crippen LogP contribution in [0.4, 0.5) is 0 Å². The molecule has 8 heavy (non-hydrogen) atoms. The van der Waals surface area contributed by atoms with Gasteiger partial charge in [-0.25, -0.2) is 0 Å². The van der Waals surface area contributed by atoms with Crippen molar-refractivity contribution in [2.45, 2.75) is 0 Å². The third kappa shape index (κ3) is 0.644. The standard InChI is InChI=1S/C6H7NO/c1-2-6(8)4-3-5(4)7/h2-4H,1,7H2. The third-order valence-electron chi connectivity index (χ3n) is 1.12. The summed E-state index contributed by atoms with van der Waals surface area (Å²) in [5, 5.41) is 0. The Morgan fingerprint density at radius 1 is 2.00 bits per heavy atom. The molecule has 1 unspecified atom stereocenters. The minimum absolute atomic E-state index is 0.00231. The number of carbonyl (C=O) groups excluding carboxylic acids is 1. The van der Waals surface area contributed by atoms with Crippen molar-refractivity contribution in [2.24, 2.45) is 11.7 Å². The predicted octanol–water partition coefficient (Wildman–Crippen LogP) is 0.214. The van der Waals surface area contributed by atoms with E-state index >= 15 is 0 Å². The van der Waals surface area contributed by atoms with Crippen LogP contribution in [0, 0.1) is 5.92 Å². The maximum absolute atomic E-state index is 10.5. The number of allylic oxidation sites excluding steroid dienone is 3. The van der Waals surface area contributed by atoms with Gasteiger partial charge in [-0.1, -0.05) is 6.58 Å². The first-order valence-electron chi connectivity index (χ1n) is 2.39. The highest BCUT2D eigenvalue weighted by Crippen LogP contribution is 2.23. The molecule has 0 fully saturated rings. The van der Waals surface area contributed by atoms with E-state index in [1.54, 1.807) is 6.08 Å². The van der Waals surface area contributed by atoms with Gasteiger partial charge in [0.15, 0.2) is 5.78 Å². The molecule has 42 valence electrons. The maximum atomic E-state index is 10.5. The SMILES string of the molecule is C=CC(=O)C1C=C1N. The van der Waals surface area contributed by atoms with Crippen LogP contribution in [-0.4, -0.2) is 5.78 Å². The third-order valence-corrected chi connectivity index (χ3v) is 1.12. The van der Waals surface area contributed by atoms with Crippen molar-refractivity contribution >= 4 is 5.78 Å². The van der Waals surface area contributed by atoms with E-state index in [1.807, 2.05) is 0 Å². The van der Waals surface area contributed by atoms with Crippen molar-refractivity contribution in [1.29, 1.82) is 0 Å². The first-order valence-corrected chi connectivity index (χ1v) is 2.39. The summed E-state index contributed by atoms with van der Waals surface area (Å²) in [5.74, 6) is -0.102. The Hall–Kier alpha value is -1.05. The van der Waals surface area contributed by atoms with Gasteiger partial charge in [0.05, 0.1) is 5.92 Å². The van der Waals surface area contributed by atoms with Gasteiger partial charge in [-0.15, -0.1) is 0 Å². The molecule has 1 aliphatic carbocycles. The van der Waals surface area contributed by atoms with Crippen molar-refractivity contribution in [3.63, 3.8) is 0 Å². The van der Waals surface area contributed by atoms with E-state index in [0.717, 1.165) is 0 Å². The molecular formula is C6H7NO. The monoisotopic (exact) mass is 109 g/mol. The largest absolute Gasteiger partial charge is 0.401 e. The molecular weight excluding hydrogens is 102 g/mol. The Balaban J connectivity index is 2.43. The minimum Gasteiger partial charge on any atom is -0.401 e. The average molecular weight is 109 g/mol. The second-order valence-electron chi connectivity index (χ2n) is 1.75. The molecule has 1 atom stereocenters. The van der Waals surface area contributed by atoms with E-state index in [0.29, 0.717) is 5.70 Å². The molecule has 2 heteroatoms. The first-order chi connectivity index (χ1) is 3.75. The van der Waals surface area contributed by atoms with Crippen LogP contribution in [0.3, 0.4) is 0 Å². The number of carbonyl (C=O) groups is 1. The molecule has 2 nitrogen and oxygen atoms in total. The van der Waals surface area contributed by atoms with Crippen LogP contribution in [0.25, 0.3) is 0 Å². The zero-order valence-corrected chi connectivity index (χ0v) is 4.42. The second-order valence-corrected chi connectivity index (χ2v) is 1.75. The molecule has 0 aromatic carbocycles. The van der Waals surface area contributed by atoms with E-state index in [-0.39, 0.29) is 11.7 Å². The molecule has 0 saturated heterocycles. The highest BCUT2D eigenvalue weighted by molar-refractivity contribution is 5.97. The molecule has 0 aromatic heterocycles. The van der Waals surface area contributed by atoms with Gasteiger partial charge in [0.25, 0.3) is 0 Å². The molecule has 0 aliphatic heterocycles. The smallest absolute Gasteiger partial charge is 0.167 e. The van der Waals surface area contributed by atoms with Crippen molar-refractivity contribution in [2.75, 3.05) is 0 Å². The van der Waals surface area contributed by atoms with Crippen molar-refractivity contribution < 1.29 is 4.79 Å². The summed E-state index contributed by atoms with van der Waals surface area (Å²) in [7, 11) is 0. The summed E-state index contributed by atoms with van der Waals surface area (Å²) in [6.45, 7) is 3.32. The summed E-state index contributed by atoms with van der Waals surface area (Å²) < 4.78 is 0. The van der Waals surface area contributed by atoms with E-state index in [2.05, 4.69) is 6.58 Å².